The van der Waals surface area contributed by atoms with Crippen LogP contribution in [0.5, 0.6) is 0 Å². The van der Waals surface area contributed by atoms with Gasteiger partial charge in [0.1, 0.15) is 18.6 Å². The minimum absolute atomic E-state index is 0.117. The number of hydrogen-bond donors (Lipinski definition) is 0. The van der Waals surface area contributed by atoms with Crippen LogP contribution in [0.1, 0.15) is 20.7 Å². The van der Waals surface area contributed by atoms with Crippen molar-refractivity contribution in [1.82, 2.24) is 0 Å². The van der Waals surface area contributed by atoms with Crippen molar-refractivity contribution >= 4 is 74.4 Å². The Balaban J connectivity index is 2.02. The van der Waals surface area contributed by atoms with E-state index in [1.807, 2.05) is 0 Å². The molecule has 0 saturated carbocycles. The number of alkyl halides is 1. The third-order valence-electron chi connectivity index (χ3n) is 5.73. The molecule has 0 aliphatic rings. The molecule has 46 heavy (non-hydrogen) atoms. The number of carbonyl (C=O) groups is 2. The van der Waals surface area contributed by atoms with E-state index in [1.165, 1.54) is 0 Å². The molecule has 0 N–H and O–H groups in total. The van der Waals surface area contributed by atoms with Crippen LogP contribution in [0.2, 0.25) is 15.1 Å². The van der Waals surface area contributed by atoms with Crippen molar-refractivity contribution < 1.29 is 50.7 Å². The Morgan fingerprint density at radius 3 is 1.89 bits per heavy atom. The maximum Gasteiger partial charge on any atom is 0.338 e. The number of carbonyl (C=O) groups excluding carboxylic acids is 2. The van der Waals surface area contributed by atoms with Gasteiger partial charge in [-0.1, -0.05) is 40.0 Å². The zero-order valence-corrected chi connectivity index (χ0v) is 26.0. The zero-order chi connectivity index (χ0) is 34.2. The SMILES string of the molecule is CON=CC(F)C(OC(=O)c1ccc([N+](=O)[O-])cc1)C(COC(=O)c1ccc([N+](=O)[O-])cc1)OS(=O)(=O)c1cc(Cl)c(Cl)cc1Cl. The highest BCUT2D eigenvalue weighted by Crippen LogP contribution is 2.33. The summed E-state index contributed by atoms with van der Waals surface area (Å²) in [5.74, 6) is -2.46. The third-order valence-corrected chi connectivity index (χ3v) is 8.26. The predicted molar refractivity (Wildman–Crippen MR) is 160 cm³/mol. The van der Waals surface area contributed by atoms with Crippen LogP contribution >= 0.6 is 34.8 Å². The van der Waals surface area contributed by atoms with Gasteiger partial charge in [-0.05, 0) is 36.4 Å². The maximum absolute atomic E-state index is 15.6. The number of nitro groups is 2. The first-order valence-corrected chi connectivity index (χ1v) is 14.8. The Bertz CT molecular complexity index is 1760. The van der Waals surface area contributed by atoms with Crippen molar-refractivity contribution in [2.45, 2.75) is 23.3 Å². The smallest absolute Gasteiger partial charge is 0.338 e. The topological polar surface area (TPSA) is 204 Å². The fourth-order valence-corrected chi connectivity index (χ4v) is 5.56. The van der Waals surface area contributed by atoms with E-state index in [0.29, 0.717) is 6.21 Å². The van der Waals surface area contributed by atoms with E-state index in [9.17, 15) is 38.2 Å². The summed E-state index contributed by atoms with van der Waals surface area (Å²) in [5.41, 5.74) is -1.27. The molecule has 20 heteroatoms. The number of rotatable bonds is 14. The van der Waals surface area contributed by atoms with Gasteiger partial charge in [-0.3, -0.25) is 24.4 Å². The summed E-state index contributed by atoms with van der Waals surface area (Å²) in [4.78, 5) is 49.9. The number of nitrogens with zero attached hydrogens (tertiary/aromatic N) is 3. The van der Waals surface area contributed by atoms with E-state index >= 15 is 4.39 Å². The molecule has 0 amide bonds. The largest absolute Gasteiger partial charge is 0.459 e. The molecule has 244 valence electrons. The van der Waals surface area contributed by atoms with Gasteiger partial charge in [0.25, 0.3) is 21.5 Å². The molecular formula is C26H19Cl3FN3O12S. The third kappa shape index (κ3) is 9.30. The van der Waals surface area contributed by atoms with Gasteiger partial charge in [-0.25, -0.2) is 14.0 Å². The number of hydrogen-bond acceptors (Lipinski definition) is 13. The number of ether oxygens (including phenoxy) is 2. The van der Waals surface area contributed by atoms with Crippen LogP contribution in [0.25, 0.3) is 0 Å². The molecule has 3 unspecified atom stereocenters. The van der Waals surface area contributed by atoms with Crippen molar-refractivity contribution in [3.8, 4) is 0 Å². The number of oxime groups is 1. The highest BCUT2D eigenvalue weighted by atomic mass is 35.5. The lowest BCUT2D eigenvalue weighted by atomic mass is 10.1. The minimum Gasteiger partial charge on any atom is -0.459 e. The Hall–Kier alpha value is -4.42. The first kappa shape index (κ1) is 36.1. The van der Waals surface area contributed by atoms with E-state index in [2.05, 4.69) is 9.99 Å². The molecule has 0 radical (unpaired) electrons. The first-order chi connectivity index (χ1) is 21.6. The summed E-state index contributed by atoms with van der Waals surface area (Å²) in [6.07, 6.45) is -6.41. The van der Waals surface area contributed by atoms with Crippen LogP contribution in [0.3, 0.4) is 0 Å². The molecule has 3 aromatic carbocycles. The fourth-order valence-electron chi connectivity index (χ4n) is 3.51. The molecule has 0 fully saturated rings. The summed E-state index contributed by atoms with van der Waals surface area (Å²) in [6, 6.07) is 9.79. The van der Waals surface area contributed by atoms with E-state index < -0.39 is 66.8 Å². The molecule has 0 aromatic heterocycles. The Kier molecular flexibility index (Phi) is 12.3. The summed E-state index contributed by atoms with van der Waals surface area (Å²) in [7, 11) is -3.97. The lowest BCUT2D eigenvalue weighted by molar-refractivity contribution is -0.385. The van der Waals surface area contributed by atoms with E-state index in [4.69, 9.17) is 48.5 Å². The highest BCUT2D eigenvalue weighted by molar-refractivity contribution is 7.87. The summed E-state index contributed by atoms with van der Waals surface area (Å²) < 4.78 is 57.8. The van der Waals surface area contributed by atoms with Crippen molar-refractivity contribution in [3.63, 3.8) is 0 Å². The molecule has 3 atom stereocenters. The molecule has 0 aliphatic carbocycles. The average Bonchev–Trinajstić information content (AvgIpc) is 3.02. The Morgan fingerprint density at radius 1 is 0.891 bits per heavy atom. The number of non-ortho nitro benzene ring substituents is 2. The van der Waals surface area contributed by atoms with Gasteiger partial charge in [0.05, 0.1) is 42.3 Å². The molecule has 0 bridgehead atoms. The number of esters is 2. The molecule has 15 nitrogen and oxygen atoms in total. The maximum atomic E-state index is 15.6. The number of benzene rings is 3. The van der Waals surface area contributed by atoms with Gasteiger partial charge < -0.3 is 14.3 Å². The summed E-state index contributed by atoms with van der Waals surface area (Å²) in [6.45, 7) is -1.10. The lowest BCUT2D eigenvalue weighted by Crippen LogP contribution is -2.45. The van der Waals surface area contributed by atoms with Crippen molar-refractivity contribution in [2.24, 2.45) is 5.16 Å². The van der Waals surface area contributed by atoms with E-state index in [-0.39, 0.29) is 32.5 Å². The van der Waals surface area contributed by atoms with Crippen LogP contribution in [-0.4, -0.2) is 68.5 Å². The molecular weight excluding hydrogens is 704 g/mol. The van der Waals surface area contributed by atoms with Gasteiger partial charge in [0.2, 0.25) is 0 Å². The highest BCUT2D eigenvalue weighted by Gasteiger charge is 2.39. The number of halogens is 4. The van der Waals surface area contributed by atoms with Gasteiger partial charge in [0, 0.05) is 24.3 Å². The Morgan fingerprint density at radius 2 is 1.39 bits per heavy atom. The van der Waals surface area contributed by atoms with Crippen molar-refractivity contribution in [2.75, 3.05) is 13.7 Å². The quantitative estimate of drug-likeness (QED) is 0.0499. The summed E-state index contributed by atoms with van der Waals surface area (Å²) in [5, 5.41) is 24.3. The van der Waals surface area contributed by atoms with Crippen LogP contribution < -0.4 is 0 Å². The van der Waals surface area contributed by atoms with Gasteiger partial charge in [-0.15, -0.1) is 0 Å². The second-order valence-electron chi connectivity index (χ2n) is 8.74. The Labute approximate surface area is 273 Å². The summed E-state index contributed by atoms with van der Waals surface area (Å²) >= 11 is 17.9. The van der Waals surface area contributed by atoms with Crippen LogP contribution in [0.15, 0.2) is 70.7 Å². The lowest BCUT2D eigenvalue weighted by Gasteiger charge is -2.27. The number of nitro benzene ring substituents is 2. The van der Waals surface area contributed by atoms with Crippen LogP contribution in [0.4, 0.5) is 15.8 Å². The molecule has 3 rings (SSSR count). The van der Waals surface area contributed by atoms with E-state index in [1.54, 1.807) is 0 Å². The average molecular weight is 723 g/mol. The molecule has 0 heterocycles. The van der Waals surface area contributed by atoms with E-state index in [0.717, 1.165) is 67.8 Å². The van der Waals surface area contributed by atoms with Crippen LogP contribution in [0, 0.1) is 20.2 Å². The molecule has 3 aromatic rings. The fraction of sp³-hybridized carbons (Fsp3) is 0.192. The van der Waals surface area contributed by atoms with Gasteiger partial charge in [0.15, 0.2) is 18.4 Å². The molecule has 0 aliphatic heterocycles. The molecule has 0 spiro atoms. The molecule has 0 saturated heterocycles. The normalized spacial score (nSPS) is 13.4. The second-order valence-corrected chi connectivity index (χ2v) is 11.5. The van der Waals surface area contributed by atoms with Crippen molar-refractivity contribution in [3.05, 3.63) is 107 Å². The second kappa shape index (κ2) is 15.7. The standard InChI is InChI=1S/C26H19Cl3FN3O12S/c1-42-31-12-21(30)24(44-26(35)15-4-8-17(9-5-15)33(38)39)22(13-43-25(34)14-2-6-16(7-3-14)32(36)37)45-46(40,41)23-11-19(28)18(27)10-20(23)29/h2-12,21-22,24H,13H2,1H3. The predicted octanol–water partition coefficient (Wildman–Crippen LogP) is 5.59. The van der Waals surface area contributed by atoms with Gasteiger partial charge in [-0.2, -0.15) is 8.42 Å². The van der Waals surface area contributed by atoms with Gasteiger partial charge >= 0.3 is 11.9 Å². The monoisotopic (exact) mass is 721 g/mol. The zero-order valence-electron chi connectivity index (χ0n) is 23.0. The van der Waals surface area contributed by atoms with Crippen molar-refractivity contribution in [1.29, 1.82) is 0 Å². The minimum atomic E-state index is -5.02. The first-order valence-electron chi connectivity index (χ1n) is 12.3. The van der Waals surface area contributed by atoms with Crippen LogP contribution in [-0.2, 0) is 28.6 Å².